The van der Waals surface area contributed by atoms with Gasteiger partial charge in [0.05, 0.1) is 5.56 Å². The molecule has 1 saturated heterocycles. The largest absolute Gasteiger partial charge is 0.416 e. The summed E-state index contributed by atoms with van der Waals surface area (Å²) < 4.78 is 37.2. The van der Waals surface area contributed by atoms with Gasteiger partial charge in [-0.2, -0.15) is 13.2 Å². The van der Waals surface area contributed by atoms with Crippen LogP contribution in [0.2, 0.25) is 0 Å². The van der Waals surface area contributed by atoms with Crippen LogP contribution in [0.3, 0.4) is 0 Å². The predicted octanol–water partition coefficient (Wildman–Crippen LogP) is 2.14. The first-order chi connectivity index (χ1) is 8.91. The molecule has 6 heteroatoms. The maximum absolute atomic E-state index is 12.4. The van der Waals surface area contributed by atoms with Gasteiger partial charge < -0.3 is 10.2 Å². The Balaban J connectivity index is 2.08. The molecule has 0 aromatic heterocycles. The number of nitrogens with one attached hydrogen (secondary N) is 1. The van der Waals surface area contributed by atoms with Gasteiger partial charge in [-0.1, -0.05) is 0 Å². The lowest BCUT2D eigenvalue weighted by Gasteiger charge is -2.16. The van der Waals surface area contributed by atoms with E-state index in [-0.39, 0.29) is 11.9 Å². The van der Waals surface area contributed by atoms with Gasteiger partial charge in [0.15, 0.2) is 0 Å². The molecular weight excluding hydrogens is 257 g/mol. The van der Waals surface area contributed by atoms with Gasteiger partial charge in [-0.3, -0.25) is 4.79 Å². The third kappa shape index (κ3) is 3.07. The van der Waals surface area contributed by atoms with Crippen molar-refractivity contribution in [2.24, 2.45) is 0 Å². The first kappa shape index (κ1) is 13.9. The van der Waals surface area contributed by atoms with Crippen molar-refractivity contribution in [3.05, 3.63) is 35.4 Å². The number of likely N-dealkylation sites (N-methyl/N-ethyl adjacent to an activating group) is 1. The minimum absolute atomic E-state index is 0.216. The van der Waals surface area contributed by atoms with Crippen molar-refractivity contribution in [2.45, 2.75) is 18.6 Å². The number of likely N-dealkylation sites (tertiary alicyclic amines) is 1. The molecule has 0 aliphatic carbocycles. The second kappa shape index (κ2) is 5.21. The topological polar surface area (TPSA) is 32.3 Å². The van der Waals surface area contributed by atoms with Crippen molar-refractivity contribution in [2.75, 3.05) is 20.1 Å². The Morgan fingerprint density at radius 1 is 1.32 bits per heavy atom. The fourth-order valence-electron chi connectivity index (χ4n) is 2.16. The van der Waals surface area contributed by atoms with Gasteiger partial charge in [-0.25, -0.2) is 0 Å². The minimum Gasteiger partial charge on any atom is -0.337 e. The average Bonchev–Trinajstić information content (AvgIpc) is 2.86. The molecule has 1 aliphatic rings. The first-order valence-corrected chi connectivity index (χ1v) is 6.05. The zero-order chi connectivity index (χ0) is 14.0. The van der Waals surface area contributed by atoms with Crippen LogP contribution in [0.25, 0.3) is 0 Å². The van der Waals surface area contributed by atoms with E-state index in [0.29, 0.717) is 18.7 Å². The van der Waals surface area contributed by atoms with Crippen molar-refractivity contribution >= 4 is 5.91 Å². The number of alkyl halides is 3. The van der Waals surface area contributed by atoms with E-state index in [1.165, 1.54) is 12.1 Å². The Bertz CT molecular complexity index is 456. The van der Waals surface area contributed by atoms with E-state index in [9.17, 15) is 18.0 Å². The Labute approximate surface area is 109 Å². The molecule has 3 nitrogen and oxygen atoms in total. The SMILES string of the molecule is CNC1CCN(C(=O)c2ccc(C(F)(F)F)cc2)C1. The lowest BCUT2D eigenvalue weighted by molar-refractivity contribution is -0.137. The number of halogens is 3. The monoisotopic (exact) mass is 272 g/mol. The van der Waals surface area contributed by atoms with Crippen LogP contribution in [-0.2, 0) is 6.18 Å². The number of hydrogen-bond donors (Lipinski definition) is 1. The number of benzene rings is 1. The molecule has 1 atom stereocenters. The summed E-state index contributed by atoms with van der Waals surface area (Å²) in [4.78, 5) is 13.7. The zero-order valence-electron chi connectivity index (χ0n) is 10.5. The first-order valence-electron chi connectivity index (χ1n) is 6.05. The third-order valence-corrected chi connectivity index (χ3v) is 3.34. The molecule has 0 bridgehead atoms. The molecule has 2 rings (SSSR count). The van der Waals surface area contributed by atoms with Gasteiger partial charge in [0.1, 0.15) is 0 Å². The average molecular weight is 272 g/mol. The minimum atomic E-state index is -4.37. The number of rotatable bonds is 2. The summed E-state index contributed by atoms with van der Waals surface area (Å²) in [6.07, 6.45) is -3.50. The second-order valence-corrected chi connectivity index (χ2v) is 4.60. The lowest BCUT2D eigenvalue weighted by Crippen LogP contribution is -2.33. The molecule has 1 N–H and O–H groups in total. The van der Waals surface area contributed by atoms with Crippen LogP contribution in [0, 0.1) is 0 Å². The van der Waals surface area contributed by atoms with Gasteiger partial charge in [0.2, 0.25) is 0 Å². The molecule has 1 unspecified atom stereocenters. The Morgan fingerprint density at radius 3 is 2.42 bits per heavy atom. The Hall–Kier alpha value is -1.56. The van der Waals surface area contributed by atoms with E-state index in [2.05, 4.69) is 5.32 Å². The summed E-state index contributed by atoms with van der Waals surface area (Å²) in [5.41, 5.74) is -0.441. The number of carbonyl (C=O) groups excluding carboxylic acids is 1. The molecule has 1 amide bonds. The van der Waals surface area contributed by atoms with Gasteiger partial charge in [-0.15, -0.1) is 0 Å². The van der Waals surface area contributed by atoms with Crippen LogP contribution < -0.4 is 5.32 Å². The summed E-state index contributed by atoms with van der Waals surface area (Å²) in [6.45, 7) is 1.22. The van der Waals surface area contributed by atoms with Crippen molar-refractivity contribution in [1.82, 2.24) is 10.2 Å². The highest BCUT2D eigenvalue weighted by Gasteiger charge is 2.31. The molecule has 1 aliphatic heterocycles. The standard InChI is InChI=1S/C13H15F3N2O/c1-17-11-6-7-18(8-11)12(19)9-2-4-10(5-3-9)13(14,15)16/h2-5,11,17H,6-8H2,1H3. The Kier molecular flexibility index (Phi) is 3.80. The highest BCUT2D eigenvalue weighted by atomic mass is 19.4. The van der Waals surface area contributed by atoms with Gasteiger partial charge in [-0.05, 0) is 37.7 Å². The molecule has 19 heavy (non-hydrogen) atoms. The van der Waals surface area contributed by atoms with Crippen LogP contribution in [0.5, 0.6) is 0 Å². The van der Waals surface area contributed by atoms with E-state index < -0.39 is 11.7 Å². The molecule has 1 fully saturated rings. The fourth-order valence-corrected chi connectivity index (χ4v) is 2.16. The van der Waals surface area contributed by atoms with Gasteiger partial charge >= 0.3 is 6.18 Å². The summed E-state index contributed by atoms with van der Waals surface area (Å²) in [7, 11) is 1.83. The highest BCUT2D eigenvalue weighted by molar-refractivity contribution is 5.94. The van der Waals surface area contributed by atoms with Crippen LogP contribution in [0.15, 0.2) is 24.3 Å². The molecule has 1 aromatic carbocycles. The van der Waals surface area contributed by atoms with Crippen molar-refractivity contribution in [1.29, 1.82) is 0 Å². The van der Waals surface area contributed by atoms with Crippen molar-refractivity contribution in [3.63, 3.8) is 0 Å². The number of nitrogens with zero attached hydrogens (tertiary/aromatic N) is 1. The van der Waals surface area contributed by atoms with Crippen LogP contribution in [0.1, 0.15) is 22.3 Å². The summed E-state index contributed by atoms with van der Waals surface area (Å²) in [6, 6.07) is 4.62. The van der Waals surface area contributed by atoms with E-state index >= 15 is 0 Å². The number of carbonyl (C=O) groups is 1. The highest BCUT2D eigenvalue weighted by Crippen LogP contribution is 2.29. The molecule has 1 heterocycles. The zero-order valence-corrected chi connectivity index (χ0v) is 10.5. The lowest BCUT2D eigenvalue weighted by atomic mass is 10.1. The second-order valence-electron chi connectivity index (χ2n) is 4.60. The summed E-state index contributed by atoms with van der Waals surface area (Å²) in [5, 5.41) is 3.09. The Morgan fingerprint density at radius 2 is 1.95 bits per heavy atom. The van der Waals surface area contributed by atoms with E-state index in [1.54, 1.807) is 4.90 Å². The fraction of sp³-hybridized carbons (Fsp3) is 0.462. The molecular formula is C13H15F3N2O. The normalized spacial score (nSPS) is 19.8. The smallest absolute Gasteiger partial charge is 0.337 e. The van der Waals surface area contributed by atoms with Gasteiger partial charge in [0, 0.05) is 24.7 Å². The molecule has 0 spiro atoms. The summed E-state index contributed by atoms with van der Waals surface area (Å²) >= 11 is 0. The third-order valence-electron chi connectivity index (χ3n) is 3.34. The predicted molar refractivity (Wildman–Crippen MR) is 64.8 cm³/mol. The van der Waals surface area contributed by atoms with Gasteiger partial charge in [0.25, 0.3) is 5.91 Å². The molecule has 1 aromatic rings. The van der Waals surface area contributed by atoms with E-state index in [1.807, 2.05) is 7.05 Å². The van der Waals surface area contributed by atoms with Crippen LogP contribution in [0.4, 0.5) is 13.2 Å². The van der Waals surface area contributed by atoms with Crippen molar-refractivity contribution < 1.29 is 18.0 Å². The van der Waals surface area contributed by atoms with E-state index in [0.717, 1.165) is 18.6 Å². The van der Waals surface area contributed by atoms with Crippen LogP contribution in [-0.4, -0.2) is 37.0 Å². The van der Waals surface area contributed by atoms with Crippen LogP contribution >= 0.6 is 0 Å². The summed E-state index contributed by atoms with van der Waals surface area (Å²) in [5.74, 6) is -0.216. The number of amides is 1. The molecule has 104 valence electrons. The molecule has 0 radical (unpaired) electrons. The maximum Gasteiger partial charge on any atom is 0.416 e. The quantitative estimate of drug-likeness (QED) is 0.894. The maximum atomic E-state index is 12.4. The van der Waals surface area contributed by atoms with E-state index in [4.69, 9.17) is 0 Å². The van der Waals surface area contributed by atoms with Crippen molar-refractivity contribution in [3.8, 4) is 0 Å². The molecule has 0 saturated carbocycles. The number of hydrogen-bond acceptors (Lipinski definition) is 2.